The van der Waals surface area contributed by atoms with Gasteiger partial charge in [-0.2, -0.15) is 11.8 Å². The van der Waals surface area contributed by atoms with Crippen molar-refractivity contribution in [1.29, 1.82) is 0 Å². The Hall–Kier alpha value is -1.27. The minimum atomic E-state index is 0.545. The van der Waals surface area contributed by atoms with E-state index in [1.54, 1.807) is 14.2 Å². The average molecular weight is 372 g/mol. The molecule has 0 radical (unpaired) electrons. The van der Waals surface area contributed by atoms with Gasteiger partial charge in [0, 0.05) is 25.4 Å². The van der Waals surface area contributed by atoms with Gasteiger partial charge in [-0.05, 0) is 43.2 Å². The normalized spacial score (nSPS) is 17.7. The van der Waals surface area contributed by atoms with Gasteiger partial charge in [-0.1, -0.05) is 11.6 Å². The molecule has 7 heteroatoms. The van der Waals surface area contributed by atoms with Crippen molar-refractivity contribution in [3.8, 4) is 11.5 Å². The molecule has 1 aliphatic rings. The molecule has 1 saturated heterocycles. The van der Waals surface area contributed by atoms with Gasteiger partial charge in [0.25, 0.3) is 0 Å². The summed E-state index contributed by atoms with van der Waals surface area (Å²) in [5, 5.41) is 7.94. The van der Waals surface area contributed by atoms with Gasteiger partial charge in [-0.25, -0.2) is 0 Å². The summed E-state index contributed by atoms with van der Waals surface area (Å²) in [5.41, 5.74) is 1.01. The molecule has 24 heavy (non-hydrogen) atoms. The lowest BCUT2D eigenvalue weighted by Crippen LogP contribution is -2.39. The summed E-state index contributed by atoms with van der Waals surface area (Å²) in [6, 6.07) is 3.83. The van der Waals surface area contributed by atoms with Gasteiger partial charge in [0.05, 0.1) is 18.7 Å². The van der Waals surface area contributed by atoms with Crippen molar-refractivity contribution in [2.24, 2.45) is 4.99 Å². The summed E-state index contributed by atoms with van der Waals surface area (Å²) in [6.07, 6.45) is 2.59. The summed E-state index contributed by atoms with van der Waals surface area (Å²) >= 11 is 8.34. The maximum atomic E-state index is 6.31. The number of hydrogen-bond donors (Lipinski definition) is 2. The van der Waals surface area contributed by atoms with Crippen LogP contribution in [0.5, 0.6) is 11.5 Å². The first-order valence-electron chi connectivity index (χ1n) is 8.23. The third-order valence-electron chi connectivity index (χ3n) is 3.78. The first-order chi connectivity index (χ1) is 11.7. The highest BCUT2D eigenvalue weighted by atomic mass is 35.5. The number of nitrogens with zero attached hydrogens (tertiary/aromatic N) is 1. The van der Waals surface area contributed by atoms with E-state index >= 15 is 0 Å². The van der Waals surface area contributed by atoms with Gasteiger partial charge in [0.2, 0.25) is 0 Å². The topological polar surface area (TPSA) is 54.9 Å². The maximum absolute atomic E-state index is 6.31. The molecule has 0 saturated carbocycles. The van der Waals surface area contributed by atoms with E-state index in [2.05, 4.69) is 15.6 Å². The van der Waals surface area contributed by atoms with Crippen LogP contribution in [-0.2, 0) is 6.54 Å². The van der Waals surface area contributed by atoms with Crippen LogP contribution in [0.2, 0.25) is 5.02 Å². The fourth-order valence-corrected chi connectivity index (χ4v) is 4.07. The second-order valence-corrected chi connectivity index (χ2v) is 7.30. The number of benzene rings is 1. The van der Waals surface area contributed by atoms with E-state index in [9.17, 15) is 0 Å². The fourth-order valence-electron chi connectivity index (χ4n) is 2.58. The second-order valence-electron chi connectivity index (χ2n) is 5.48. The Bertz CT molecular complexity index is 563. The van der Waals surface area contributed by atoms with E-state index in [0.29, 0.717) is 34.9 Å². The minimum Gasteiger partial charge on any atom is -0.493 e. The highest BCUT2D eigenvalue weighted by Gasteiger charge is 2.16. The lowest BCUT2D eigenvalue weighted by molar-refractivity contribution is 0.311. The van der Waals surface area contributed by atoms with Crippen molar-refractivity contribution in [3.05, 3.63) is 22.7 Å². The van der Waals surface area contributed by atoms with E-state index in [0.717, 1.165) is 18.1 Å². The molecular formula is C17H26ClN3O2S. The van der Waals surface area contributed by atoms with Crippen molar-refractivity contribution in [2.45, 2.75) is 31.6 Å². The van der Waals surface area contributed by atoms with Crippen LogP contribution in [0, 0.1) is 0 Å². The molecule has 1 heterocycles. The SMILES string of the molecule is CCOc1c(Cl)cc(CNC(=NC)NCC2CCCS2)cc1OC. The fraction of sp³-hybridized carbons (Fsp3) is 0.588. The van der Waals surface area contributed by atoms with Gasteiger partial charge >= 0.3 is 0 Å². The Morgan fingerprint density at radius 2 is 2.25 bits per heavy atom. The summed E-state index contributed by atoms with van der Waals surface area (Å²) in [4.78, 5) is 4.27. The van der Waals surface area contributed by atoms with Gasteiger partial charge in [-0.15, -0.1) is 0 Å². The quantitative estimate of drug-likeness (QED) is 0.569. The van der Waals surface area contributed by atoms with Crippen molar-refractivity contribution < 1.29 is 9.47 Å². The number of halogens is 1. The Kier molecular flexibility index (Phi) is 7.85. The van der Waals surface area contributed by atoms with Crippen LogP contribution in [-0.4, -0.2) is 44.3 Å². The smallest absolute Gasteiger partial charge is 0.191 e. The molecule has 1 aliphatic heterocycles. The lowest BCUT2D eigenvalue weighted by Gasteiger charge is -2.16. The van der Waals surface area contributed by atoms with E-state index in [1.807, 2.05) is 30.8 Å². The molecule has 5 nitrogen and oxygen atoms in total. The Labute approximate surface area is 153 Å². The average Bonchev–Trinajstić information content (AvgIpc) is 3.10. The number of thioether (sulfide) groups is 1. The highest BCUT2D eigenvalue weighted by molar-refractivity contribution is 8.00. The van der Waals surface area contributed by atoms with Crippen molar-refractivity contribution in [1.82, 2.24) is 10.6 Å². The van der Waals surface area contributed by atoms with Crippen molar-refractivity contribution in [2.75, 3.05) is 33.1 Å². The number of aliphatic imine (C=N–C) groups is 1. The minimum absolute atomic E-state index is 0.545. The Morgan fingerprint density at radius 3 is 2.88 bits per heavy atom. The molecule has 2 N–H and O–H groups in total. The lowest BCUT2D eigenvalue weighted by atomic mass is 10.2. The molecule has 2 rings (SSSR count). The van der Waals surface area contributed by atoms with Gasteiger partial charge in [0.1, 0.15) is 0 Å². The number of rotatable bonds is 7. The number of nitrogens with one attached hydrogen (secondary N) is 2. The summed E-state index contributed by atoms with van der Waals surface area (Å²) in [6.45, 7) is 4.02. The molecule has 0 aromatic heterocycles. The van der Waals surface area contributed by atoms with Crippen LogP contribution < -0.4 is 20.1 Å². The Morgan fingerprint density at radius 1 is 1.42 bits per heavy atom. The van der Waals surface area contributed by atoms with E-state index in [1.165, 1.54) is 18.6 Å². The number of methoxy groups -OCH3 is 1. The number of ether oxygens (including phenoxy) is 2. The van der Waals surface area contributed by atoms with Gasteiger partial charge in [0.15, 0.2) is 17.5 Å². The predicted octanol–water partition coefficient (Wildman–Crippen LogP) is 3.31. The van der Waals surface area contributed by atoms with E-state index in [-0.39, 0.29) is 0 Å². The molecule has 1 unspecified atom stereocenters. The van der Waals surface area contributed by atoms with Crippen molar-refractivity contribution in [3.63, 3.8) is 0 Å². The van der Waals surface area contributed by atoms with Crippen molar-refractivity contribution >= 4 is 29.3 Å². The molecular weight excluding hydrogens is 346 g/mol. The largest absolute Gasteiger partial charge is 0.493 e. The zero-order valence-corrected chi connectivity index (χ0v) is 16.1. The van der Waals surface area contributed by atoms with E-state index < -0.39 is 0 Å². The van der Waals surface area contributed by atoms with Crippen LogP contribution >= 0.6 is 23.4 Å². The van der Waals surface area contributed by atoms with Gasteiger partial charge in [-0.3, -0.25) is 4.99 Å². The summed E-state index contributed by atoms with van der Waals surface area (Å²) in [7, 11) is 3.40. The number of guanidine groups is 1. The van der Waals surface area contributed by atoms with Crippen LogP contribution in [0.1, 0.15) is 25.3 Å². The molecule has 1 atom stereocenters. The molecule has 0 amide bonds. The second kappa shape index (κ2) is 9.89. The zero-order chi connectivity index (χ0) is 17.4. The molecule has 1 aromatic carbocycles. The maximum Gasteiger partial charge on any atom is 0.191 e. The summed E-state index contributed by atoms with van der Waals surface area (Å²) < 4.78 is 10.9. The number of hydrogen-bond acceptors (Lipinski definition) is 4. The van der Waals surface area contributed by atoms with E-state index in [4.69, 9.17) is 21.1 Å². The molecule has 0 aliphatic carbocycles. The Balaban J connectivity index is 1.93. The highest BCUT2D eigenvalue weighted by Crippen LogP contribution is 2.36. The van der Waals surface area contributed by atoms with Crippen LogP contribution in [0.3, 0.4) is 0 Å². The first-order valence-corrected chi connectivity index (χ1v) is 9.66. The van der Waals surface area contributed by atoms with Crippen LogP contribution in [0.4, 0.5) is 0 Å². The first kappa shape index (κ1) is 19.1. The predicted molar refractivity (Wildman–Crippen MR) is 103 cm³/mol. The molecule has 0 spiro atoms. The monoisotopic (exact) mass is 371 g/mol. The van der Waals surface area contributed by atoms with Crippen LogP contribution in [0.15, 0.2) is 17.1 Å². The zero-order valence-electron chi connectivity index (χ0n) is 14.5. The van der Waals surface area contributed by atoms with Crippen LogP contribution in [0.25, 0.3) is 0 Å². The third-order valence-corrected chi connectivity index (χ3v) is 5.46. The standard InChI is InChI=1S/C17H26ClN3O2S/c1-4-23-16-14(18)8-12(9-15(16)22-3)10-20-17(19-2)21-11-13-6-5-7-24-13/h8-9,13H,4-7,10-11H2,1-3H3,(H2,19,20,21). The molecule has 134 valence electrons. The molecule has 1 aromatic rings. The van der Waals surface area contributed by atoms with Gasteiger partial charge < -0.3 is 20.1 Å². The summed E-state index contributed by atoms with van der Waals surface area (Å²) in [5.74, 6) is 3.30. The molecule has 1 fully saturated rings. The molecule has 0 bridgehead atoms. The third kappa shape index (κ3) is 5.38.